The van der Waals surface area contributed by atoms with Crippen molar-refractivity contribution < 1.29 is 80.2 Å². The number of ether oxygens (including phenoxy) is 4. The highest BCUT2D eigenvalue weighted by Crippen LogP contribution is 2.45. The molecule has 0 aliphatic carbocycles. The molecular formula is C20H36O17P2. The summed E-state index contributed by atoms with van der Waals surface area (Å²) in [6.07, 6.45) is -3.66. The summed E-state index contributed by atoms with van der Waals surface area (Å²) in [5.74, 6) is -2.73. The molecule has 19 heteroatoms. The van der Waals surface area contributed by atoms with Crippen LogP contribution in [0.4, 0.5) is 0 Å². The Morgan fingerprint density at radius 2 is 1.05 bits per heavy atom. The number of aliphatic hydroxyl groups is 1. The van der Waals surface area contributed by atoms with Crippen molar-refractivity contribution in [1.29, 1.82) is 0 Å². The minimum absolute atomic E-state index is 0.0225. The quantitative estimate of drug-likeness (QED) is 0.0924. The van der Waals surface area contributed by atoms with E-state index in [-0.39, 0.29) is 12.8 Å². The highest BCUT2D eigenvalue weighted by atomic mass is 31.2. The molecule has 0 aliphatic heterocycles. The van der Waals surface area contributed by atoms with Crippen LogP contribution >= 0.6 is 15.6 Å². The molecule has 0 aromatic carbocycles. The van der Waals surface area contributed by atoms with E-state index in [9.17, 15) is 43.2 Å². The standard InChI is InChI=1S/C20H36O17P2/c1-5-7-20(25)37-18(11-31-15(4)22)13-35-39(28,29)33-9-16(23)8-32-38(26,27)34-12-17(10-30-14(3)21)36-19(24)6-2/h16-18,23H,5-13H2,1-4H3,(H,26,27)(H,28,29)/t16-,17+,18+/m0/s1. The zero-order valence-electron chi connectivity index (χ0n) is 22.0. The van der Waals surface area contributed by atoms with Crippen LogP contribution in [0, 0.1) is 0 Å². The number of esters is 4. The molecule has 228 valence electrons. The molecule has 0 saturated carbocycles. The lowest BCUT2D eigenvalue weighted by atomic mass is 10.3. The minimum Gasteiger partial charge on any atom is -0.462 e. The molecule has 0 rings (SSSR count). The summed E-state index contributed by atoms with van der Waals surface area (Å²) in [4.78, 5) is 64.6. The fraction of sp³-hybridized carbons (Fsp3) is 0.800. The predicted octanol–water partition coefficient (Wildman–Crippen LogP) is 0.774. The molecule has 17 nitrogen and oxygen atoms in total. The van der Waals surface area contributed by atoms with E-state index in [1.165, 1.54) is 6.92 Å². The number of hydrogen-bond donors (Lipinski definition) is 3. The Morgan fingerprint density at radius 3 is 1.41 bits per heavy atom. The first-order valence-corrected chi connectivity index (χ1v) is 14.7. The van der Waals surface area contributed by atoms with E-state index in [0.29, 0.717) is 6.42 Å². The normalized spacial score (nSPS) is 16.6. The van der Waals surface area contributed by atoms with Gasteiger partial charge in [-0.15, -0.1) is 0 Å². The zero-order valence-corrected chi connectivity index (χ0v) is 23.8. The van der Waals surface area contributed by atoms with Crippen molar-refractivity contribution >= 4 is 39.5 Å². The fourth-order valence-corrected chi connectivity index (χ4v) is 3.79. The van der Waals surface area contributed by atoms with Gasteiger partial charge >= 0.3 is 39.5 Å². The van der Waals surface area contributed by atoms with E-state index < -0.39 is 97.5 Å². The Balaban J connectivity index is 4.70. The Hall–Kier alpha value is -1.94. The van der Waals surface area contributed by atoms with E-state index in [2.05, 4.69) is 13.6 Å². The molecule has 2 unspecified atom stereocenters. The summed E-state index contributed by atoms with van der Waals surface area (Å²) in [6, 6.07) is 0. The molecule has 0 bridgehead atoms. The molecular weight excluding hydrogens is 574 g/mol. The second-order valence-electron chi connectivity index (χ2n) is 7.71. The smallest absolute Gasteiger partial charge is 0.462 e. The van der Waals surface area contributed by atoms with Gasteiger partial charge in [-0.3, -0.25) is 37.3 Å². The average Bonchev–Trinajstić information content (AvgIpc) is 2.84. The lowest BCUT2D eigenvalue weighted by molar-refractivity contribution is -0.160. The first-order chi connectivity index (χ1) is 18.1. The third-order valence-corrected chi connectivity index (χ3v) is 5.89. The molecule has 0 spiro atoms. The van der Waals surface area contributed by atoms with Crippen LogP contribution in [0.3, 0.4) is 0 Å². The largest absolute Gasteiger partial charge is 0.472 e. The van der Waals surface area contributed by atoms with Gasteiger partial charge < -0.3 is 33.8 Å². The second kappa shape index (κ2) is 19.2. The highest BCUT2D eigenvalue weighted by molar-refractivity contribution is 7.47. The van der Waals surface area contributed by atoms with Crippen molar-refractivity contribution in [3.63, 3.8) is 0 Å². The highest BCUT2D eigenvalue weighted by Gasteiger charge is 2.29. The van der Waals surface area contributed by atoms with E-state index in [4.69, 9.17) is 23.5 Å². The summed E-state index contributed by atoms with van der Waals surface area (Å²) in [5, 5.41) is 9.87. The van der Waals surface area contributed by atoms with Gasteiger partial charge in [0.2, 0.25) is 0 Å². The van der Waals surface area contributed by atoms with Crippen LogP contribution in [0.5, 0.6) is 0 Å². The molecule has 3 N–H and O–H groups in total. The van der Waals surface area contributed by atoms with Crippen LogP contribution in [-0.4, -0.2) is 96.7 Å². The van der Waals surface area contributed by atoms with Crippen molar-refractivity contribution in [3.8, 4) is 0 Å². The fourth-order valence-electron chi connectivity index (χ4n) is 2.21. The number of phosphoric ester groups is 2. The van der Waals surface area contributed by atoms with Gasteiger partial charge in [-0.05, 0) is 6.42 Å². The summed E-state index contributed by atoms with van der Waals surface area (Å²) in [7, 11) is -9.65. The Labute approximate surface area is 225 Å². The van der Waals surface area contributed by atoms with E-state index in [0.717, 1.165) is 13.8 Å². The van der Waals surface area contributed by atoms with Crippen molar-refractivity contribution in [1.82, 2.24) is 0 Å². The van der Waals surface area contributed by atoms with E-state index >= 15 is 0 Å². The summed E-state index contributed by atoms with van der Waals surface area (Å²) in [5.41, 5.74) is 0. The van der Waals surface area contributed by atoms with Crippen LogP contribution in [0.1, 0.15) is 47.0 Å². The molecule has 0 amide bonds. The Morgan fingerprint density at radius 1 is 0.667 bits per heavy atom. The van der Waals surface area contributed by atoms with Crippen molar-refractivity contribution in [2.45, 2.75) is 65.3 Å². The molecule has 0 fully saturated rings. The topological polar surface area (TPSA) is 237 Å². The van der Waals surface area contributed by atoms with E-state index in [1.807, 2.05) is 0 Å². The number of phosphoric acid groups is 2. The van der Waals surface area contributed by atoms with Crippen LogP contribution in [0.15, 0.2) is 0 Å². The molecule has 0 heterocycles. The number of hydrogen-bond acceptors (Lipinski definition) is 15. The number of carbonyl (C=O) groups excluding carboxylic acids is 4. The lowest BCUT2D eigenvalue weighted by Gasteiger charge is -2.21. The van der Waals surface area contributed by atoms with Gasteiger partial charge in [0.1, 0.15) is 19.3 Å². The molecule has 0 saturated heterocycles. The Kier molecular flexibility index (Phi) is 18.2. The predicted molar refractivity (Wildman–Crippen MR) is 128 cm³/mol. The van der Waals surface area contributed by atoms with Crippen molar-refractivity contribution in [3.05, 3.63) is 0 Å². The minimum atomic E-state index is -4.83. The maximum Gasteiger partial charge on any atom is 0.472 e. The first-order valence-electron chi connectivity index (χ1n) is 11.7. The van der Waals surface area contributed by atoms with Gasteiger partial charge in [-0.2, -0.15) is 0 Å². The maximum atomic E-state index is 12.1. The third kappa shape index (κ3) is 20.6. The van der Waals surface area contributed by atoms with E-state index in [1.54, 1.807) is 6.92 Å². The molecule has 39 heavy (non-hydrogen) atoms. The molecule has 0 aromatic rings. The van der Waals surface area contributed by atoms with Gasteiger partial charge in [0.15, 0.2) is 12.2 Å². The van der Waals surface area contributed by atoms with Gasteiger partial charge in [0, 0.05) is 26.7 Å². The van der Waals surface area contributed by atoms with Gasteiger partial charge in [-0.1, -0.05) is 13.8 Å². The molecule has 5 atom stereocenters. The van der Waals surface area contributed by atoms with Gasteiger partial charge in [0.25, 0.3) is 0 Å². The zero-order chi connectivity index (χ0) is 30.1. The maximum absolute atomic E-state index is 12.1. The number of aliphatic hydroxyl groups excluding tert-OH is 1. The molecule has 0 radical (unpaired) electrons. The second-order valence-corrected chi connectivity index (χ2v) is 10.6. The SMILES string of the molecule is CCCC(=O)O[C@H](COC(C)=O)COP(=O)(O)OC[C@@H](O)COP(=O)(O)OC[C@@H](COC(C)=O)OC(=O)CC. The van der Waals surface area contributed by atoms with Crippen LogP contribution in [0.25, 0.3) is 0 Å². The lowest BCUT2D eigenvalue weighted by Crippen LogP contribution is -2.29. The monoisotopic (exact) mass is 610 g/mol. The summed E-state index contributed by atoms with van der Waals surface area (Å²) >= 11 is 0. The third-order valence-electron chi connectivity index (χ3n) is 3.99. The number of carbonyl (C=O) groups is 4. The summed E-state index contributed by atoms with van der Waals surface area (Å²) in [6.45, 7) is 1.32. The van der Waals surface area contributed by atoms with Crippen molar-refractivity contribution in [2.75, 3.05) is 39.6 Å². The van der Waals surface area contributed by atoms with Crippen LogP contribution in [-0.2, 0) is 65.4 Å². The first kappa shape index (κ1) is 37.1. The molecule has 0 aromatic heterocycles. The van der Waals surface area contributed by atoms with Crippen LogP contribution in [0.2, 0.25) is 0 Å². The summed E-state index contributed by atoms with van der Waals surface area (Å²) < 4.78 is 62.0. The van der Waals surface area contributed by atoms with Crippen LogP contribution < -0.4 is 0 Å². The average molecular weight is 610 g/mol. The van der Waals surface area contributed by atoms with Gasteiger partial charge in [0.05, 0.1) is 26.4 Å². The van der Waals surface area contributed by atoms with Crippen molar-refractivity contribution in [2.24, 2.45) is 0 Å². The number of rotatable bonds is 21. The Bertz CT molecular complexity index is 878. The van der Waals surface area contributed by atoms with Gasteiger partial charge in [-0.25, -0.2) is 9.13 Å². The molecule has 0 aliphatic rings.